The van der Waals surface area contributed by atoms with Crippen molar-refractivity contribution in [2.24, 2.45) is 4.99 Å². The molecule has 2 saturated heterocycles. The summed E-state index contributed by atoms with van der Waals surface area (Å²) in [7, 11) is 1.56. The second kappa shape index (κ2) is 8.43. The van der Waals surface area contributed by atoms with E-state index in [4.69, 9.17) is 9.73 Å². The first-order valence-electron chi connectivity index (χ1n) is 9.34. The zero-order valence-corrected chi connectivity index (χ0v) is 15.4. The first-order valence-corrected chi connectivity index (χ1v) is 9.34. The van der Waals surface area contributed by atoms with Crippen LogP contribution in [-0.4, -0.2) is 66.7 Å². The van der Waals surface area contributed by atoms with Gasteiger partial charge in [-0.3, -0.25) is 4.90 Å². The molecule has 0 spiro atoms. The molecule has 0 aromatic heterocycles. The van der Waals surface area contributed by atoms with Crippen LogP contribution in [0.1, 0.15) is 31.7 Å². The average molecular weight is 346 g/mol. The van der Waals surface area contributed by atoms with Gasteiger partial charge >= 0.3 is 0 Å². The predicted molar refractivity (Wildman–Crippen MR) is 100 cm³/mol. The van der Waals surface area contributed by atoms with Crippen LogP contribution in [0.2, 0.25) is 0 Å². The highest BCUT2D eigenvalue weighted by Crippen LogP contribution is 2.26. The zero-order valence-electron chi connectivity index (χ0n) is 15.4. The van der Waals surface area contributed by atoms with E-state index < -0.39 is 0 Å². The number of aromatic hydroxyl groups is 1. The van der Waals surface area contributed by atoms with Gasteiger partial charge in [-0.2, -0.15) is 0 Å². The topological polar surface area (TPSA) is 60.3 Å². The minimum Gasteiger partial charge on any atom is -0.504 e. The molecule has 0 radical (unpaired) electrons. The number of benzene rings is 1. The van der Waals surface area contributed by atoms with E-state index in [1.165, 1.54) is 32.4 Å². The van der Waals surface area contributed by atoms with Crippen LogP contribution in [0.5, 0.6) is 11.5 Å². The molecule has 2 heterocycles. The van der Waals surface area contributed by atoms with Crippen LogP contribution in [0.3, 0.4) is 0 Å². The van der Waals surface area contributed by atoms with Crippen LogP contribution in [0.15, 0.2) is 23.2 Å². The lowest BCUT2D eigenvalue weighted by atomic mass is 10.2. The maximum absolute atomic E-state index is 9.92. The van der Waals surface area contributed by atoms with Crippen LogP contribution >= 0.6 is 0 Å². The summed E-state index contributed by atoms with van der Waals surface area (Å²) >= 11 is 0. The highest BCUT2D eigenvalue weighted by molar-refractivity contribution is 5.80. The highest BCUT2D eigenvalue weighted by atomic mass is 16.5. The van der Waals surface area contributed by atoms with Crippen molar-refractivity contribution in [1.82, 2.24) is 15.1 Å². The number of phenolic OH excluding ortho intramolecular Hbond substituents is 1. The fraction of sp³-hybridized carbons (Fsp3) is 0.632. The highest BCUT2D eigenvalue weighted by Gasteiger charge is 2.30. The smallest absolute Gasteiger partial charge is 0.194 e. The van der Waals surface area contributed by atoms with E-state index in [1.54, 1.807) is 19.2 Å². The Labute approximate surface area is 150 Å². The van der Waals surface area contributed by atoms with Crippen molar-refractivity contribution >= 4 is 5.96 Å². The zero-order chi connectivity index (χ0) is 17.6. The Hall–Kier alpha value is -1.95. The van der Waals surface area contributed by atoms with Crippen molar-refractivity contribution < 1.29 is 9.84 Å². The molecular weight excluding hydrogens is 316 g/mol. The Balaban J connectivity index is 1.64. The van der Waals surface area contributed by atoms with E-state index in [-0.39, 0.29) is 5.75 Å². The van der Waals surface area contributed by atoms with Gasteiger partial charge < -0.3 is 20.1 Å². The van der Waals surface area contributed by atoms with E-state index in [9.17, 15) is 5.11 Å². The number of guanidine groups is 1. The molecule has 6 nitrogen and oxygen atoms in total. The molecule has 1 aromatic carbocycles. The van der Waals surface area contributed by atoms with Gasteiger partial charge in [-0.25, -0.2) is 4.99 Å². The third kappa shape index (κ3) is 4.37. The second-order valence-electron chi connectivity index (χ2n) is 6.81. The van der Waals surface area contributed by atoms with Crippen LogP contribution in [0, 0.1) is 0 Å². The Morgan fingerprint density at radius 1 is 1.32 bits per heavy atom. The first-order chi connectivity index (χ1) is 12.2. The lowest BCUT2D eigenvalue weighted by Gasteiger charge is -2.25. The lowest BCUT2D eigenvalue weighted by molar-refractivity contribution is 0.249. The van der Waals surface area contributed by atoms with Crippen LogP contribution in [-0.2, 0) is 6.54 Å². The van der Waals surface area contributed by atoms with Crippen LogP contribution in [0.25, 0.3) is 0 Å². The molecule has 0 amide bonds. The summed E-state index contributed by atoms with van der Waals surface area (Å²) in [5.41, 5.74) is 0.976. The van der Waals surface area contributed by atoms with Gasteiger partial charge in [0.2, 0.25) is 0 Å². The number of hydrogen-bond donors (Lipinski definition) is 2. The first kappa shape index (κ1) is 17.9. The molecule has 1 atom stereocenters. The predicted octanol–water partition coefficient (Wildman–Crippen LogP) is 2.04. The fourth-order valence-electron chi connectivity index (χ4n) is 3.76. The summed E-state index contributed by atoms with van der Waals surface area (Å²) < 4.78 is 5.09. The molecule has 138 valence electrons. The summed E-state index contributed by atoms with van der Waals surface area (Å²) in [5, 5.41) is 13.3. The van der Waals surface area contributed by atoms with Gasteiger partial charge in [0.1, 0.15) is 0 Å². The third-order valence-corrected chi connectivity index (χ3v) is 5.11. The molecule has 0 bridgehead atoms. The molecule has 2 N–H and O–H groups in total. The normalized spacial score (nSPS) is 21.8. The summed E-state index contributed by atoms with van der Waals surface area (Å²) in [5.74, 6) is 1.63. The Morgan fingerprint density at radius 3 is 2.80 bits per heavy atom. The number of ether oxygens (including phenoxy) is 1. The molecule has 6 heteroatoms. The van der Waals surface area contributed by atoms with Crippen molar-refractivity contribution in [3.8, 4) is 11.5 Å². The summed E-state index contributed by atoms with van der Waals surface area (Å²) in [4.78, 5) is 9.79. The molecular formula is C19H30N4O2. The lowest BCUT2D eigenvalue weighted by Crippen LogP contribution is -2.42. The Morgan fingerprint density at radius 2 is 2.12 bits per heavy atom. The third-order valence-electron chi connectivity index (χ3n) is 5.11. The minimum atomic E-state index is 0.162. The maximum Gasteiger partial charge on any atom is 0.194 e. The van der Waals surface area contributed by atoms with Crippen molar-refractivity contribution in [2.45, 2.75) is 38.8 Å². The molecule has 2 aliphatic rings. The Kier molecular flexibility index (Phi) is 6.02. The van der Waals surface area contributed by atoms with Gasteiger partial charge in [-0.05, 0) is 57.0 Å². The van der Waals surface area contributed by atoms with Gasteiger partial charge in [0.25, 0.3) is 0 Å². The number of aliphatic imine (C=N–C) groups is 1. The average Bonchev–Trinajstić information content (AvgIpc) is 3.29. The molecule has 3 rings (SSSR count). The van der Waals surface area contributed by atoms with Gasteiger partial charge in [0, 0.05) is 25.7 Å². The summed E-state index contributed by atoms with van der Waals surface area (Å²) in [6.45, 7) is 8.11. The van der Waals surface area contributed by atoms with E-state index in [2.05, 4.69) is 22.0 Å². The second-order valence-corrected chi connectivity index (χ2v) is 6.81. The number of rotatable bonds is 5. The summed E-state index contributed by atoms with van der Waals surface area (Å²) in [6.07, 6.45) is 3.89. The maximum atomic E-state index is 9.92. The molecule has 1 aromatic rings. The summed E-state index contributed by atoms with van der Waals surface area (Å²) in [6, 6.07) is 6.12. The number of nitrogens with one attached hydrogen (secondary N) is 1. The number of nitrogens with zero attached hydrogens (tertiary/aromatic N) is 3. The minimum absolute atomic E-state index is 0.162. The fourth-order valence-corrected chi connectivity index (χ4v) is 3.76. The molecule has 25 heavy (non-hydrogen) atoms. The largest absolute Gasteiger partial charge is 0.504 e. The van der Waals surface area contributed by atoms with Crippen LogP contribution < -0.4 is 10.1 Å². The van der Waals surface area contributed by atoms with E-state index >= 15 is 0 Å². The number of methoxy groups -OCH3 is 1. The van der Waals surface area contributed by atoms with E-state index in [0.717, 1.165) is 31.2 Å². The van der Waals surface area contributed by atoms with E-state index in [1.807, 2.05) is 6.07 Å². The van der Waals surface area contributed by atoms with Crippen molar-refractivity contribution in [1.29, 1.82) is 0 Å². The van der Waals surface area contributed by atoms with Gasteiger partial charge in [-0.1, -0.05) is 6.07 Å². The number of hydrogen-bond acceptors (Lipinski definition) is 4. The molecule has 2 fully saturated rings. The van der Waals surface area contributed by atoms with Crippen LogP contribution in [0.4, 0.5) is 0 Å². The molecule has 0 saturated carbocycles. The Bertz CT molecular complexity index is 599. The van der Waals surface area contributed by atoms with Gasteiger partial charge in [0.15, 0.2) is 17.5 Å². The van der Waals surface area contributed by atoms with Crippen molar-refractivity contribution in [3.63, 3.8) is 0 Å². The number of phenols is 1. The SMILES string of the molecule is CCNC(=NCc1ccc(OC)c(O)c1)N1CCC(N2CCCC2)C1. The standard InChI is InChI=1S/C19H30N4O2/c1-3-20-19(21-13-15-6-7-18(25-2)17(24)12-15)23-11-8-16(14-23)22-9-4-5-10-22/h6-7,12,16,24H,3-5,8-11,13-14H2,1-2H3,(H,20,21). The van der Waals surface area contributed by atoms with Gasteiger partial charge in [-0.15, -0.1) is 0 Å². The molecule has 0 aliphatic carbocycles. The quantitative estimate of drug-likeness (QED) is 0.631. The van der Waals surface area contributed by atoms with E-state index in [0.29, 0.717) is 18.3 Å². The van der Waals surface area contributed by atoms with Crippen molar-refractivity contribution in [2.75, 3.05) is 39.8 Å². The number of likely N-dealkylation sites (tertiary alicyclic amines) is 2. The monoisotopic (exact) mass is 346 g/mol. The molecule has 1 unspecified atom stereocenters. The molecule has 2 aliphatic heterocycles. The van der Waals surface area contributed by atoms with Crippen molar-refractivity contribution in [3.05, 3.63) is 23.8 Å². The van der Waals surface area contributed by atoms with Gasteiger partial charge in [0.05, 0.1) is 13.7 Å².